The maximum absolute atomic E-state index is 5.12. The summed E-state index contributed by atoms with van der Waals surface area (Å²) in [7, 11) is 1.74. The summed E-state index contributed by atoms with van der Waals surface area (Å²) >= 11 is 1.75. The van der Waals surface area contributed by atoms with E-state index in [0.29, 0.717) is 0 Å². The Morgan fingerprint density at radius 1 is 1.17 bits per heavy atom. The van der Waals surface area contributed by atoms with Crippen molar-refractivity contribution in [3.8, 4) is 11.3 Å². The largest absolute Gasteiger partial charge is 0.385 e. The summed E-state index contributed by atoms with van der Waals surface area (Å²) < 4.78 is 7.49. The molecule has 3 nitrogen and oxygen atoms in total. The molecule has 126 valence electrons. The first-order chi connectivity index (χ1) is 11.7. The molecule has 3 aromatic rings. The molecule has 0 bridgehead atoms. The van der Waals surface area contributed by atoms with E-state index in [0.717, 1.165) is 31.7 Å². The zero-order valence-electron chi connectivity index (χ0n) is 14.6. The lowest BCUT2D eigenvalue weighted by Crippen LogP contribution is -2.03. The van der Waals surface area contributed by atoms with Gasteiger partial charge in [-0.05, 0) is 31.9 Å². The molecular formula is C20H24N2OS. The second kappa shape index (κ2) is 7.77. The maximum atomic E-state index is 5.12. The van der Waals surface area contributed by atoms with Crippen molar-refractivity contribution in [2.24, 2.45) is 0 Å². The molecule has 0 amide bonds. The number of aromatic nitrogens is 2. The number of ether oxygens (including phenoxy) is 1. The summed E-state index contributed by atoms with van der Waals surface area (Å²) in [5, 5.41) is 3.37. The molecule has 0 aliphatic rings. The van der Waals surface area contributed by atoms with Crippen molar-refractivity contribution in [2.75, 3.05) is 13.7 Å². The summed E-state index contributed by atoms with van der Waals surface area (Å²) in [6.45, 7) is 6.06. The van der Waals surface area contributed by atoms with Crippen molar-refractivity contribution in [1.29, 1.82) is 0 Å². The van der Waals surface area contributed by atoms with E-state index in [1.165, 1.54) is 27.5 Å². The van der Waals surface area contributed by atoms with Gasteiger partial charge in [0.25, 0.3) is 0 Å². The molecule has 0 saturated carbocycles. The third-order valence-electron chi connectivity index (χ3n) is 4.32. The normalized spacial score (nSPS) is 11.1. The van der Waals surface area contributed by atoms with Crippen LogP contribution in [0.3, 0.4) is 0 Å². The van der Waals surface area contributed by atoms with Gasteiger partial charge in [-0.3, -0.25) is 0 Å². The highest BCUT2D eigenvalue weighted by molar-refractivity contribution is 7.09. The number of thiazole rings is 1. The fourth-order valence-electron chi connectivity index (χ4n) is 2.99. The van der Waals surface area contributed by atoms with E-state index in [4.69, 9.17) is 9.72 Å². The predicted octanol–water partition coefficient (Wildman–Crippen LogP) is 4.86. The Morgan fingerprint density at radius 2 is 1.96 bits per heavy atom. The van der Waals surface area contributed by atoms with Crippen LogP contribution in [0.1, 0.15) is 28.4 Å². The Kier molecular flexibility index (Phi) is 5.48. The summed E-state index contributed by atoms with van der Waals surface area (Å²) in [5.41, 5.74) is 6.23. The molecule has 0 saturated heterocycles. The lowest BCUT2D eigenvalue weighted by atomic mass is 10.2. The van der Waals surface area contributed by atoms with E-state index < -0.39 is 0 Å². The summed E-state index contributed by atoms with van der Waals surface area (Å²) in [5.74, 6) is 0. The number of nitrogens with zero attached hydrogens (tertiary/aromatic N) is 2. The molecule has 1 aromatic carbocycles. The van der Waals surface area contributed by atoms with E-state index >= 15 is 0 Å². The number of aryl methyl sites for hydroxylation is 2. The standard InChI is InChI=1S/C20H24N2OS/c1-15-12-18(19-14-24-20(21-19)10-7-11-23-3)16(2)22(15)13-17-8-5-4-6-9-17/h4-6,8-9,12,14H,7,10-11,13H2,1-3H3. The van der Waals surface area contributed by atoms with Gasteiger partial charge in [0.05, 0.1) is 10.7 Å². The Balaban J connectivity index is 1.81. The molecule has 0 radical (unpaired) electrons. The molecule has 2 heterocycles. The average molecular weight is 340 g/mol. The smallest absolute Gasteiger partial charge is 0.0933 e. The Morgan fingerprint density at radius 3 is 2.71 bits per heavy atom. The quantitative estimate of drug-likeness (QED) is 0.575. The van der Waals surface area contributed by atoms with Gasteiger partial charge in [0.1, 0.15) is 0 Å². The van der Waals surface area contributed by atoms with E-state index in [-0.39, 0.29) is 0 Å². The molecule has 0 unspecified atom stereocenters. The molecule has 0 aliphatic heterocycles. The monoisotopic (exact) mass is 340 g/mol. The van der Waals surface area contributed by atoms with Crippen molar-refractivity contribution >= 4 is 11.3 Å². The first kappa shape index (κ1) is 16.9. The summed E-state index contributed by atoms with van der Waals surface area (Å²) in [4.78, 5) is 4.82. The van der Waals surface area contributed by atoms with E-state index in [1.54, 1.807) is 18.4 Å². The van der Waals surface area contributed by atoms with Crippen molar-refractivity contribution in [3.05, 3.63) is 63.7 Å². The van der Waals surface area contributed by atoms with Crippen LogP contribution in [-0.4, -0.2) is 23.3 Å². The van der Waals surface area contributed by atoms with Gasteiger partial charge in [-0.15, -0.1) is 11.3 Å². The van der Waals surface area contributed by atoms with Gasteiger partial charge in [0, 0.05) is 49.0 Å². The van der Waals surface area contributed by atoms with Crippen LogP contribution < -0.4 is 0 Å². The molecule has 0 fully saturated rings. The van der Waals surface area contributed by atoms with Crippen LogP contribution >= 0.6 is 11.3 Å². The average Bonchev–Trinajstić information content (AvgIpc) is 3.16. The van der Waals surface area contributed by atoms with Crippen LogP contribution in [0.25, 0.3) is 11.3 Å². The molecule has 0 spiro atoms. The minimum absolute atomic E-state index is 0.792. The molecule has 0 atom stereocenters. The van der Waals surface area contributed by atoms with Crippen molar-refractivity contribution in [3.63, 3.8) is 0 Å². The van der Waals surface area contributed by atoms with Gasteiger partial charge in [-0.1, -0.05) is 30.3 Å². The zero-order chi connectivity index (χ0) is 16.9. The number of methoxy groups -OCH3 is 1. The molecule has 24 heavy (non-hydrogen) atoms. The van der Waals surface area contributed by atoms with Gasteiger partial charge in [-0.25, -0.2) is 4.98 Å². The predicted molar refractivity (Wildman–Crippen MR) is 101 cm³/mol. The molecule has 0 N–H and O–H groups in total. The minimum atomic E-state index is 0.792. The van der Waals surface area contributed by atoms with E-state index in [9.17, 15) is 0 Å². The van der Waals surface area contributed by atoms with Crippen molar-refractivity contribution in [2.45, 2.75) is 33.2 Å². The maximum Gasteiger partial charge on any atom is 0.0933 e. The van der Waals surface area contributed by atoms with Crippen LogP contribution in [0.4, 0.5) is 0 Å². The second-order valence-corrected chi connectivity index (χ2v) is 7.02. The first-order valence-corrected chi connectivity index (χ1v) is 9.21. The first-order valence-electron chi connectivity index (χ1n) is 8.33. The minimum Gasteiger partial charge on any atom is -0.385 e. The Bertz CT molecular complexity index is 789. The van der Waals surface area contributed by atoms with E-state index in [2.05, 4.69) is 60.2 Å². The van der Waals surface area contributed by atoms with Gasteiger partial charge in [0.15, 0.2) is 0 Å². The topological polar surface area (TPSA) is 27.1 Å². The fraction of sp³-hybridized carbons (Fsp3) is 0.350. The van der Waals surface area contributed by atoms with Crippen LogP contribution in [0.15, 0.2) is 41.8 Å². The van der Waals surface area contributed by atoms with Crippen LogP contribution in [0.5, 0.6) is 0 Å². The second-order valence-electron chi connectivity index (χ2n) is 6.08. The van der Waals surface area contributed by atoms with Crippen LogP contribution in [0.2, 0.25) is 0 Å². The molecule has 4 heteroatoms. The number of benzene rings is 1. The van der Waals surface area contributed by atoms with Crippen LogP contribution in [0, 0.1) is 13.8 Å². The SMILES string of the molecule is COCCCc1nc(-c2cc(C)n(Cc3ccccc3)c2C)cs1. The van der Waals surface area contributed by atoms with Crippen molar-refractivity contribution < 1.29 is 4.74 Å². The Labute approximate surface area is 147 Å². The summed E-state index contributed by atoms with van der Waals surface area (Å²) in [6.07, 6.45) is 2.01. The third-order valence-corrected chi connectivity index (χ3v) is 5.23. The zero-order valence-corrected chi connectivity index (χ0v) is 15.4. The number of rotatable bonds is 7. The lowest BCUT2D eigenvalue weighted by Gasteiger charge is -2.09. The molecular weight excluding hydrogens is 316 g/mol. The van der Waals surface area contributed by atoms with Crippen LogP contribution in [-0.2, 0) is 17.7 Å². The highest BCUT2D eigenvalue weighted by Gasteiger charge is 2.14. The van der Waals surface area contributed by atoms with Crippen molar-refractivity contribution in [1.82, 2.24) is 9.55 Å². The fourth-order valence-corrected chi connectivity index (χ4v) is 3.83. The third kappa shape index (κ3) is 3.77. The van der Waals surface area contributed by atoms with Gasteiger partial charge >= 0.3 is 0 Å². The summed E-state index contributed by atoms with van der Waals surface area (Å²) in [6, 6.07) is 12.9. The number of hydrogen-bond donors (Lipinski definition) is 0. The van der Waals surface area contributed by atoms with Gasteiger partial charge < -0.3 is 9.30 Å². The highest BCUT2D eigenvalue weighted by atomic mass is 32.1. The van der Waals surface area contributed by atoms with Gasteiger partial charge in [0.2, 0.25) is 0 Å². The lowest BCUT2D eigenvalue weighted by molar-refractivity contribution is 0.195. The highest BCUT2D eigenvalue weighted by Crippen LogP contribution is 2.29. The number of hydrogen-bond acceptors (Lipinski definition) is 3. The van der Waals surface area contributed by atoms with E-state index in [1.807, 2.05) is 0 Å². The Hall–Kier alpha value is -1.91. The molecule has 2 aromatic heterocycles. The van der Waals surface area contributed by atoms with Gasteiger partial charge in [-0.2, -0.15) is 0 Å². The molecule has 0 aliphatic carbocycles. The molecule has 3 rings (SSSR count).